The third-order valence-corrected chi connectivity index (χ3v) is 5.18. The number of nitrogens with one attached hydrogen (secondary N) is 2. The van der Waals surface area contributed by atoms with Crippen molar-refractivity contribution >= 4 is 29.3 Å². The number of nitrogens with zero attached hydrogens (tertiary/aromatic N) is 3. The van der Waals surface area contributed by atoms with Gasteiger partial charge in [0, 0.05) is 5.70 Å². The van der Waals surface area contributed by atoms with Crippen molar-refractivity contribution in [2.45, 2.75) is 25.0 Å². The van der Waals surface area contributed by atoms with E-state index in [9.17, 15) is 4.79 Å². The second-order valence-electron chi connectivity index (χ2n) is 6.54. The molecule has 1 aliphatic heterocycles. The highest BCUT2D eigenvalue weighted by atomic mass is 32.2. The SMILES string of the molecule is COc1ccccc1NC(=O)C1=C(C)Nc2nc(SC)nn2C1c1ccc(C)o1. The second kappa shape index (κ2) is 7.67. The van der Waals surface area contributed by atoms with Gasteiger partial charge < -0.3 is 19.8 Å². The number of carbonyl (C=O) groups is 1. The molecule has 2 N–H and O–H groups in total. The molecular formula is C20H21N5O3S. The summed E-state index contributed by atoms with van der Waals surface area (Å²) in [5.74, 6) is 2.25. The largest absolute Gasteiger partial charge is 0.495 e. The Morgan fingerprint density at radius 3 is 2.76 bits per heavy atom. The molecule has 0 fully saturated rings. The van der Waals surface area contributed by atoms with E-state index in [4.69, 9.17) is 9.15 Å². The zero-order valence-corrected chi connectivity index (χ0v) is 17.3. The van der Waals surface area contributed by atoms with E-state index >= 15 is 0 Å². The fourth-order valence-electron chi connectivity index (χ4n) is 3.31. The number of benzene rings is 1. The Labute approximate surface area is 172 Å². The normalized spacial score (nSPS) is 15.7. The molecule has 1 unspecified atom stereocenters. The Balaban J connectivity index is 1.77. The molecule has 0 saturated carbocycles. The van der Waals surface area contributed by atoms with E-state index in [2.05, 4.69) is 20.7 Å². The van der Waals surface area contributed by atoms with Crippen LogP contribution in [0.5, 0.6) is 5.75 Å². The molecule has 1 aliphatic rings. The molecule has 0 aliphatic carbocycles. The van der Waals surface area contributed by atoms with Gasteiger partial charge in [-0.2, -0.15) is 4.98 Å². The van der Waals surface area contributed by atoms with Gasteiger partial charge in [0.05, 0.1) is 18.4 Å². The minimum absolute atomic E-state index is 0.273. The molecule has 0 bridgehead atoms. The van der Waals surface area contributed by atoms with Gasteiger partial charge in [0.25, 0.3) is 5.91 Å². The number of aryl methyl sites for hydroxylation is 1. The highest BCUT2D eigenvalue weighted by Crippen LogP contribution is 2.37. The van der Waals surface area contributed by atoms with E-state index in [1.165, 1.54) is 11.8 Å². The summed E-state index contributed by atoms with van der Waals surface area (Å²) in [6, 6.07) is 10.5. The maximum Gasteiger partial charge on any atom is 0.256 e. The minimum Gasteiger partial charge on any atom is -0.495 e. The van der Waals surface area contributed by atoms with Gasteiger partial charge >= 0.3 is 0 Å². The Bertz CT molecular complexity index is 1100. The van der Waals surface area contributed by atoms with E-state index in [1.54, 1.807) is 23.9 Å². The number of allylic oxidation sites excluding steroid dienone is 1. The topological polar surface area (TPSA) is 94.2 Å². The molecule has 0 radical (unpaired) electrons. The summed E-state index contributed by atoms with van der Waals surface area (Å²) in [5, 5.41) is 11.3. The van der Waals surface area contributed by atoms with Gasteiger partial charge in [0.15, 0.2) is 0 Å². The lowest BCUT2D eigenvalue weighted by Crippen LogP contribution is -2.31. The standard InChI is InChI=1S/C20H21N5O3S/c1-11-9-10-15(28-11)17-16(12(2)21-19-23-20(29-4)24-25(17)19)18(26)22-13-7-5-6-8-14(13)27-3/h5-10,17H,1-4H3,(H,22,26)(H,21,23,24). The molecule has 0 spiro atoms. The monoisotopic (exact) mass is 411 g/mol. The van der Waals surface area contributed by atoms with E-state index < -0.39 is 6.04 Å². The van der Waals surface area contributed by atoms with Crippen molar-refractivity contribution in [2.75, 3.05) is 24.0 Å². The predicted molar refractivity (Wildman–Crippen MR) is 111 cm³/mol. The van der Waals surface area contributed by atoms with E-state index in [0.29, 0.717) is 39.6 Å². The number of amides is 1. The Hall–Kier alpha value is -3.20. The van der Waals surface area contributed by atoms with Crippen LogP contribution in [0.3, 0.4) is 0 Å². The van der Waals surface area contributed by atoms with E-state index in [0.717, 1.165) is 5.76 Å². The molecule has 3 aromatic rings. The number of rotatable bonds is 5. The summed E-state index contributed by atoms with van der Waals surface area (Å²) in [6.07, 6.45) is 1.91. The van der Waals surface area contributed by atoms with Crippen LogP contribution in [0.2, 0.25) is 0 Å². The number of ether oxygens (including phenoxy) is 1. The minimum atomic E-state index is -0.539. The molecule has 29 heavy (non-hydrogen) atoms. The molecule has 9 heteroatoms. The summed E-state index contributed by atoms with van der Waals surface area (Å²) in [5.41, 5.74) is 1.77. The summed E-state index contributed by atoms with van der Waals surface area (Å²) in [4.78, 5) is 17.8. The first-order valence-corrected chi connectivity index (χ1v) is 10.2. The van der Waals surface area contributed by atoms with Gasteiger partial charge in [0.1, 0.15) is 23.3 Å². The van der Waals surface area contributed by atoms with Crippen LogP contribution in [0.1, 0.15) is 24.5 Å². The zero-order chi connectivity index (χ0) is 20.5. The highest BCUT2D eigenvalue weighted by molar-refractivity contribution is 7.98. The molecule has 150 valence electrons. The Morgan fingerprint density at radius 2 is 2.07 bits per heavy atom. The van der Waals surface area contributed by atoms with Crippen molar-refractivity contribution < 1.29 is 13.9 Å². The molecule has 0 saturated heterocycles. The van der Waals surface area contributed by atoms with Crippen molar-refractivity contribution in [1.29, 1.82) is 0 Å². The van der Waals surface area contributed by atoms with Crippen LogP contribution in [0.25, 0.3) is 0 Å². The number of hydrogen-bond donors (Lipinski definition) is 2. The smallest absolute Gasteiger partial charge is 0.256 e. The number of fused-ring (bicyclic) bond motifs is 1. The molecule has 1 aromatic carbocycles. The van der Waals surface area contributed by atoms with Crippen LogP contribution in [-0.2, 0) is 4.79 Å². The van der Waals surface area contributed by atoms with Gasteiger partial charge in [-0.3, -0.25) is 4.79 Å². The third-order valence-electron chi connectivity index (χ3n) is 4.65. The van der Waals surface area contributed by atoms with Crippen molar-refractivity contribution in [2.24, 2.45) is 0 Å². The quantitative estimate of drug-likeness (QED) is 0.616. The van der Waals surface area contributed by atoms with Crippen LogP contribution in [-0.4, -0.2) is 34.0 Å². The molecule has 3 heterocycles. The molecule has 1 atom stereocenters. The van der Waals surface area contributed by atoms with Crippen LogP contribution >= 0.6 is 11.8 Å². The molecule has 4 rings (SSSR count). The summed E-state index contributed by atoms with van der Waals surface area (Å²) >= 11 is 1.43. The number of furan rings is 1. The number of hydrogen-bond acceptors (Lipinski definition) is 7. The zero-order valence-electron chi connectivity index (χ0n) is 16.5. The molecule has 1 amide bonds. The van der Waals surface area contributed by atoms with Gasteiger partial charge in [-0.15, -0.1) is 5.10 Å². The third kappa shape index (κ3) is 3.49. The number of para-hydroxylation sites is 2. The first kappa shape index (κ1) is 19.1. The van der Waals surface area contributed by atoms with Gasteiger partial charge in [0.2, 0.25) is 11.1 Å². The van der Waals surface area contributed by atoms with Crippen LogP contribution < -0.4 is 15.4 Å². The lowest BCUT2D eigenvalue weighted by molar-refractivity contribution is -0.113. The van der Waals surface area contributed by atoms with E-state index in [1.807, 2.05) is 44.4 Å². The number of aromatic nitrogens is 3. The van der Waals surface area contributed by atoms with Crippen molar-refractivity contribution in [1.82, 2.24) is 14.8 Å². The number of methoxy groups -OCH3 is 1. The van der Waals surface area contributed by atoms with Gasteiger partial charge in [-0.1, -0.05) is 23.9 Å². The van der Waals surface area contributed by atoms with E-state index in [-0.39, 0.29) is 5.91 Å². The lowest BCUT2D eigenvalue weighted by Gasteiger charge is -2.27. The average Bonchev–Trinajstić information content (AvgIpc) is 3.32. The maximum absolute atomic E-state index is 13.3. The maximum atomic E-state index is 13.3. The first-order valence-electron chi connectivity index (χ1n) is 9.01. The van der Waals surface area contributed by atoms with Crippen molar-refractivity contribution in [3.63, 3.8) is 0 Å². The summed E-state index contributed by atoms with van der Waals surface area (Å²) < 4.78 is 12.9. The van der Waals surface area contributed by atoms with Crippen molar-refractivity contribution in [3.8, 4) is 5.75 Å². The molecule has 2 aromatic heterocycles. The average molecular weight is 411 g/mol. The van der Waals surface area contributed by atoms with Crippen LogP contribution in [0.4, 0.5) is 11.6 Å². The Morgan fingerprint density at radius 1 is 1.28 bits per heavy atom. The summed E-state index contributed by atoms with van der Waals surface area (Å²) in [7, 11) is 1.57. The molecule has 8 nitrogen and oxygen atoms in total. The molecular weight excluding hydrogens is 390 g/mol. The lowest BCUT2D eigenvalue weighted by atomic mass is 10.00. The van der Waals surface area contributed by atoms with Crippen molar-refractivity contribution in [3.05, 3.63) is 59.2 Å². The fraction of sp³-hybridized carbons (Fsp3) is 0.250. The number of thioether (sulfide) groups is 1. The summed E-state index contributed by atoms with van der Waals surface area (Å²) in [6.45, 7) is 3.71. The van der Waals surface area contributed by atoms with Crippen LogP contribution in [0, 0.1) is 6.92 Å². The number of anilines is 2. The van der Waals surface area contributed by atoms with Crippen LogP contribution in [0.15, 0.2) is 57.2 Å². The van der Waals surface area contributed by atoms with Gasteiger partial charge in [-0.25, -0.2) is 4.68 Å². The fourth-order valence-corrected chi connectivity index (χ4v) is 3.66. The predicted octanol–water partition coefficient (Wildman–Crippen LogP) is 3.84. The first-order chi connectivity index (χ1) is 14.0. The second-order valence-corrected chi connectivity index (χ2v) is 7.31. The number of carbonyl (C=O) groups excluding carboxylic acids is 1. The highest BCUT2D eigenvalue weighted by Gasteiger charge is 2.36. The van der Waals surface area contributed by atoms with Gasteiger partial charge in [-0.05, 0) is 44.4 Å². The Kier molecular flexibility index (Phi) is 5.06.